The summed E-state index contributed by atoms with van der Waals surface area (Å²) in [6, 6.07) is 1.63. The lowest BCUT2D eigenvalue weighted by atomic mass is 10.1. The first-order valence-corrected chi connectivity index (χ1v) is 5.75. The molecule has 0 unspecified atom stereocenters. The van der Waals surface area contributed by atoms with Crippen LogP contribution < -0.4 is 11.0 Å². The van der Waals surface area contributed by atoms with E-state index in [9.17, 15) is 9.59 Å². The van der Waals surface area contributed by atoms with Gasteiger partial charge in [-0.05, 0) is 31.9 Å². The Balaban J connectivity index is 3.02. The van der Waals surface area contributed by atoms with Crippen LogP contribution in [0.25, 0.3) is 0 Å². The molecule has 94 valence electrons. The first-order valence-electron chi connectivity index (χ1n) is 5.75. The van der Waals surface area contributed by atoms with Crippen LogP contribution in [0.15, 0.2) is 10.9 Å². The number of rotatable bonds is 5. The van der Waals surface area contributed by atoms with Crippen LogP contribution in [-0.2, 0) is 11.3 Å². The molecule has 0 saturated carbocycles. The van der Waals surface area contributed by atoms with Crippen molar-refractivity contribution < 1.29 is 9.63 Å². The molecule has 0 atom stereocenters. The van der Waals surface area contributed by atoms with Crippen molar-refractivity contribution in [3.63, 3.8) is 0 Å². The van der Waals surface area contributed by atoms with Gasteiger partial charge in [-0.25, -0.2) is 5.48 Å². The van der Waals surface area contributed by atoms with Gasteiger partial charge in [-0.2, -0.15) is 0 Å². The van der Waals surface area contributed by atoms with E-state index in [1.54, 1.807) is 13.0 Å². The number of aromatic nitrogens is 1. The molecule has 0 radical (unpaired) electrons. The Morgan fingerprint density at radius 2 is 2.18 bits per heavy atom. The summed E-state index contributed by atoms with van der Waals surface area (Å²) in [7, 11) is 0. The van der Waals surface area contributed by atoms with Gasteiger partial charge in [0.1, 0.15) is 5.56 Å². The van der Waals surface area contributed by atoms with Crippen molar-refractivity contribution in [3.8, 4) is 0 Å². The van der Waals surface area contributed by atoms with E-state index in [0.29, 0.717) is 6.61 Å². The number of H-pyrrole nitrogens is 1. The fourth-order valence-electron chi connectivity index (χ4n) is 1.56. The second-order valence-electron chi connectivity index (χ2n) is 3.78. The number of pyridine rings is 1. The van der Waals surface area contributed by atoms with Gasteiger partial charge in [0.2, 0.25) is 0 Å². The van der Waals surface area contributed by atoms with Crippen LogP contribution >= 0.6 is 0 Å². The summed E-state index contributed by atoms with van der Waals surface area (Å²) in [6.45, 7) is 5.99. The molecule has 0 bridgehead atoms. The molecular formula is C12H18N2O3. The third-order valence-electron chi connectivity index (χ3n) is 2.42. The van der Waals surface area contributed by atoms with Gasteiger partial charge in [0.15, 0.2) is 0 Å². The van der Waals surface area contributed by atoms with Gasteiger partial charge in [0.25, 0.3) is 11.5 Å². The monoisotopic (exact) mass is 238 g/mol. The zero-order chi connectivity index (χ0) is 12.8. The number of amides is 1. The van der Waals surface area contributed by atoms with E-state index < -0.39 is 5.91 Å². The molecule has 5 nitrogen and oxygen atoms in total. The summed E-state index contributed by atoms with van der Waals surface area (Å²) in [5.41, 5.74) is 3.71. The van der Waals surface area contributed by atoms with Crippen LogP contribution in [0.2, 0.25) is 0 Å². The van der Waals surface area contributed by atoms with Gasteiger partial charge in [-0.3, -0.25) is 14.4 Å². The molecule has 1 heterocycles. The number of hydrogen-bond acceptors (Lipinski definition) is 3. The maximum atomic E-state index is 11.6. The second-order valence-corrected chi connectivity index (χ2v) is 3.78. The maximum absolute atomic E-state index is 11.6. The van der Waals surface area contributed by atoms with Crippen LogP contribution in [0.3, 0.4) is 0 Å². The Morgan fingerprint density at radius 3 is 2.76 bits per heavy atom. The van der Waals surface area contributed by atoms with Gasteiger partial charge in [0, 0.05) is 5.69 Å². The predicted octanol–water partition coefficient (Wildman–Crippen LogP) is 1.32. The van der Waals surface area contributed by atoms with Crippen LogP contribution in [0.5, 0.6) is 0 Å². The van der Waals surface area contributed by atoms with E-state index >= 15 is 0 Å². The number of hydroxylamine groups is 1. The van der Waals surface area contributed by atoms with Crippen LogP contribution in [0.1, 0.15) is 41.9 Å². The highest BCUT2D eigenvalue weighted by atomic mass is 16.6. The highest BCUT2D eigenvalue weighted by molar-refractivity contribution is 5.93. The largest absolute Gasteiger partial charge is 0.326 e. The quantitative estimate of drug-likeness (QED) is 0.760. The molecular weight excluding hydrogens is 220 g/mol. The standard InChI is InChI=1S/C12H18N2O3/c1-4-6-9-7-10(11(15)13-8(9)3)12(16)14-17-5-2/h7H,4-6H2,1-3H3,(H,13,15)(H,14,16). The lowest BCUT2D eigenvalue weighted by Gasteiger charge is -2.07. The van der Waals surface area contributed by atoms with E-state index in [4.69, 9.17) is 4.84 Å². The minimum atomic E-state index is -0.509. The zero-order valence-corrected chi connectivity index (χ0v) is 10.4. The highest BCUT2D eigenvalue weighted by Crippen LogP contribution is 2.07. The molecule has 0 fully saturated rings. The Labute approximate surface area is 100 Å². The Kier molecular flexibility index (Phi) is 4.90. The lowest BCUT2D eigenvalue weighted by molar-refractivity contribution is 0.0363. The van der Waals surface area contributed by atoms with Crippen molar-refractivity contribution in [1.82, 2.24) is 10.5 Å². The van der Waals surface area contributed by atoms with E-state index in [0.717, 1.165) is 24.1 Å². The van der Waals surface area contributed by atoms with Gasteiger partial charge in [-0.15, -0.1) is 0 Å². The number of hydrogen-bond donors (Lipinski definition) is 2. The first-order chi connectivity index (χ1) is 8.10. The van der Waals surface area contributed by atoms with Crippen LogP contribution in [-0.4, -0.2) is 17.5 Å². The summed E-state index contributed by atoms with van der Waals surface area (Å²) in [5, 5.41) is 0. The summed E-state index contributed by atoms with van der Waals surface area (Å²) < 4.78 is 0. The Morgan fingerprint density at radius 1 is 1.47 bits per heavy atom. The smallest absolute Gasteiger partial charge is 0.280 e. The molecule has 5 heteroatoms. The van der Waals surface area contributed by atoms with E-state index in [1.165, 1.54) is 0 Å². The lowest BCUT2D eigenvalue weighted by Crippen LogP contribution is -2.30. The maximum Gasteiger partial charge on any atom is 0.280 e. The van der Waals surface area contributed by atoms with Crippen molar-refractivity contribution in [3.05, 3.63) is 33.2 Å². The number of aromatic amines is 1. The van der Waals surface area contributed by atoms with Crippen LogP contribution in [0.4, 0.5) is 0 Å². The van der Waals surface area contributed by atoms with E-state index in [2.05, 4.69) is 10.5 Å². The van der Waals surface area contributed by atoms with Crippen molar-refractivity contribution in [1.29, 1.82) is 0 Å². The minimum absolute atomic E-state index is 0.0903. The minimum Gasteiger partial charge on any atom is -0.326 e. The number of carbonyl (C=O) groups excluding carboxylic acids is 1. The second kappa shape index (κ2) is 6.20. The number of aryl methyl sites for hydroxylation is 2. The molecule has 1 rings (SSSR count). The molecule has 2 N–H and O–H groups in total. The van der Waals surface area contributed by atoms with Crippen molar-refractivity contribution in [2.24, 2.45) is 0 Å². The van der Waals surface area contributed by atoms with E-state index in [-0.39, 0.29) is 11.1 Å². The molecule has 0 spiro atoms. The van der Waals surface area contributed by atoms with Gasteiger partial charge >= 0.3 is 0 Å². The fourth-order valence-corrected chi connectivity index (χ4v) is 1.56. The molecule has 0 aliphatic rings. The number of nitrogens with one attached hydrogen (secondary N) is 2. The topological polar surface area (TPSA) is 71.2 Å². The molecule has 1 aromatic heterocycles. The Hall–Kier alpha value is -1.62. The predicted molar refractivity (Wildman–Crippen MR) is 64.9 cm³/mol. The van der Waals surface area contributed by atoms with Gasteiger partial charge < -0.3 is 4.98 Å². The number of carbonyl (C=O) groups is 1. The van der Waals surface area contributed by atoms with Crippen LogP contribution in [0, 0.1) is 6.92 Å². The van der Waals surface area contributed by atoms with E-state index in [1.807, 2.05) is 13.8 Å². The molecule has 0 aliphatic carbocycles. The summed E-state index contributed by atoms with van der Waals surface area (Å²) in [6.07, 6.45) is 1.79. The third-order valence-corrected chi connectivity index (χ3v) is 2.42. The molecule has 1 amide bonds. The normalized spacial score (nSPS) is 10.3. The van der Waals surface area contributed by atoms with Gasteiger partial charge in [0.05, 0.1) is 6.61 Å². The summed E-state index contributed by atoms with van der Waals surface area (Å²) in [4.78, 5) is 30.7. The third kappa shape index (κ3) is 3.42. The molecule has 17 heavy (non-hydrogen) atoms. The highest BCUT2D eigenvalue weighted by Gasteiger charge is 2.12. The fraction of sp³-hybridized carbons (Fsp3) is 0.500. The molecule has 1 aromatic rings. The van der Waals surface area contributed by atoms with Gasteiger partial charge in [-0.1, -0.05) is 13.3 Å². The van der Waals surface area contributed by atoms with Crippen molar-refractivity contribution in [2.45, 2.75) is 33.6 Å². The summed E-state index contributed by atoms with van der Waals surface area (Å²) in [5.74, 6) is -0.509. The zero-order valence-electron chi connectivity index (χ0n) is 10.4. The van der Waals surface area contributed by atoms with Crippen molar-refractivity contribution in [2.75, 3.05) is 6.61 Å². The average Bonchev–Trinajstić information content (AvgIpc) is 2.29. The molecule has 0 aliphatic heterocycles. The molecule has 0 saturated heterocycles. The average molecular weight is 238 g/mol. The Bertz CT molecular complexity index is 452. The SMILES string of the molecule is CCCc1cc(C(=O)NOCC)c(=O)[nH]c1C. The molecule has 0 aromatic carbocycles. The first kappa shape index (κ1) is 13.4. The van der Waals surface area contributed by atoms with Crippen molar-refractivity contribution >= 4 is 5.91 Å². The summed E-state index contributed by atoms with van der Waals surface area (Å²) >= 11 is 0.